The highest BCUT2D eigenvalue weighted by atomic mass is 32.1. The van der Waals surface area contributed by atoms with E-state index in [0.717, 1.165) is 64.8 Å². The van der Waals surface area contributed by atoms with E-state index < -0.39 is 0 Å². The van der Waals surface area contributed by atoms with Gasteiger partial charge in [-0.25, -0.2) is 4.98 Å². The molecule has 2 unspecified atom stereocenters. The zero-order chi connectivity index (χ0) is 23.9. The summed E-state index contributed by atoms with van der Waals surface area (Å²) >= 11 is 1.78. The fraction of sp³-hybridized carbons (Fsp3) is 0.310. The predicted molar refractivity (Wildman–Crippen MR) is 143 cm³/mol. The molecular weight excluding hydrogens is 454 g/mol. The third-order valence-corrected chi connectivity index (χ3v) is 8.33. The molecule has 35 heavy (non-hydrogen) atoms. The summed E-state index contributed by atoms with van der Waals surface area (Å²) in [5.74, 6) is 1.89. The molecule has 0 saturated carbocycles. The van der Waals surface area contributed by atoms with E-state index in [-0.39, 0.29) is 5.91 Å². The number of thiazole rings is 1. The number of amides is 1. The molecule has 2 saturated heterocycles. The Labute approximate surface area is 210 Å². The number of carbonyl (C=O) groups is 1. The van der Waals surface area contributed by atoms with Gasteiger partial charge in [0.2, 0.25) is 0 Å². The lowest BCUT2D eigenvalue weighted by atomic mass is 9.84. The Hall–Kier alpha value is -3.38. The van der Waals surface area contributed by atoms with E-state index in [0.29, 0.717) is 11.8 Å². The number of nitrogens with zero attached hydrogens (tertiary/aromatic N) is 3. The molecule has 0 radical (unpaired) electrons. The molecule has 2 aliphatic heterocycles. The van der Waals surface area contributed by atoms with Crippen molar-refractivity contribution < 1.29 is 9.53 Å². The van der Waals surface area contributed by atoms with Crippen molar-refractivity contribution >= 4 is 32.6 Å². The van der Waals surface area contributed by atoms with Crippen molar-refractivity contribution in [1.82, 2.24) is 9.88 Å². The van der Waals surface area contributed by atoms with Crippen LogP contribution in [0, 0.1) is 18.8 Å². The fourth-order valence-electron chi connectivity index (χ4n) is 5.63. The van der Waals surface area contributed by atoms with Gasteiger partial charge in [0.1, 0.15) is 5.75 Å². The zero-order valence-electron chi connectivity index (χ0n) is 20.1. The minimum atomic E-state index is 0.141. The molecule has 0 aliphatic carbocycles. The van der Waals surface area contributed by atoms with Gasteiger partial charge in [-0.05, 0) is 66.6 Å². The molecule has 1 aromatic heterocycles. The summed E-state index contributed by atoms with van der Waals surface area (Å²) in [6.07, 6.45) is 1.18. The van der Waals surface area contributed by atoms with Crippen molar-refractivity contribution in [2.24, 2.45) is 11.8 Å². The van der Waals surface area contributed by atoms with Crippen LogP contribution in [0.2, 0.25) is 0 Å². The minimum Gasteiger partial charge on any atom is -0.497 e. The van der Waals surface area contributed by atoms with Crippen molar-refractivity contribution in [3.63, 3.8) is 0 Å². The van der Waals surface area contributed by atoms with Crippen molar-refractivity contribution in [2.45, 2.75) is 13.3 Å². The molecule has 5 nitrogen and oxygen atoms in total. The average molecular weight is 484 g/mol. The van der Waals surface area contributed by atoms with Crippen molar-refractivity contribution in [3.8, 4) is 16.9 Å². The number of hydrogen-bond acceptors (Lipinski definition) is 5. The number of carbonyl (C=O) groups excluding carboxylic acids is 1. The molecule has 1 amide bonds. The second kappa shape index (κ2) is 9.00. The minimum absolute atomic E-state index is 0.141. The lowest BCUT2D eigenvalue weighted by Crippen LogP contribution is -2.54. The van der Waals surface area contributed by atoms with Crippen LogP contribution in [0.5, 0.6) is 5.75 Å². The van der Waals surface area contributed by atoms with Crippen molar-refractivity contribution in [3.05, 3.63) is 77.9 Å². The lowest BCUT2D eigenvalue weighted by molar-refractivity contribution is 0.0565. The van der Waals surface area contributed by atoms with E-state index in [2.05, 4.69) is 47.1 Å². The molecule has 4 aromatic rings. The Morgan fingerprint density at radius 2 is 1.71 bits per heavy atom. The molecule has 2 fully saturated rings. The van der Waals surface area contributed by atoms with Gasteiger partial charge in [-0.1, -0.05) is 53.3 Å². The van der Waals surface area contributed by atoms with E-state index in [4.69, 9.17) is 9.72 Å². The maximum Gasteiger partial charge on any atom is 0.254 e. The van der Waals surface area contributed by atoms with Crippen LogP contribution >= 0.6 is 11.3 Å². The van der Waals surface area contributed by atoms with E-state index in [1.165, 1.54) is 11.1 Å². The first kappa shape index (κ1) is 22.1. The third kappa shape index (κ3) is 4.27. The van der Waals surface area contributed by atoms with Crippen LogP contribution in [0.3, 0.4) is 0 Å². The summed E-state index contributed by atoms with van der Waals surface area (Å²) in [6, 6.07) is 22.5. The third-order valence-electron chi connectivity index (χ3n) is 7.23. The molecule has 6 heteroatoms. The Morgan fingerprint density at radius 3 is 2.43 bits per heavy atom. The summed E-state index contributed by atoms with van der Waals surface area (Å²) < 4.78 is 6.55. The molecule has 0 spiro atoms. The van der Waals surface area contributed by atoms with E-state index in [1.807, 2.05) is 36.4 Å². The quantitative estimate of drug-likeness (QED) is 0.364. The van der Waals surface area contributed by atoms with E-state index >= 15 is 0 Å². The Kier molecular flexibility index (Phi) is 5.69. The van der Waals surface area contributed by atoms with Crippen LogP contribution in [0.15, 0.2) is 66.7 Å². The van der Waals surface area contributed by atoms with Gasteiger partial charge in [0, 0.05) is 31.7 Å². The number of hydrogen-bond donors (Lipinski definition) is 0. The summed E-state index contributed by atoms with van der Waals surface area (Å²) in [5, 5.41) is 1.11. The van der Waals surface area contributed by atoms with Crippen LogP contribution in [0.1, 0.15) is 22.3 Å². The number of ether oxygens (including phenoxy) is 1. The molecule has 6 rings (SSSR count). The van der Waals surface area contributed by atoms with Crippen LogP contribution in [-0.4, -0.2) is 49.1 Å². The van der Waals surface area contributed by atoms with E-state index in [1.54, 1.807) is 18.4 Å². The second-order valence-corrected chi connectivity index (χ2v) is 10.8. The molecule has 178 valence electrons. The maximum atomic E-state index is 13.8. The van der Waals surface area contributed by atoms with Crippen molar-refractivity contribution in [2.75, 3.05) is 38.2 Å². The smallest absolute Gasteiger partial charge is 0.254 e. The largest absolute Gasteiger partial charge is 0.497 e. The summed E-state index contributed by atoms with van der Waals surface area (Å²) in [6.45, 7) is 5.56. The zero-order valence-corrected chi connectivity index (χ0v) is 20.9. The van der Waals surface area contributed by atoms with Crippen LogP contribution in [-0.2, 0) is 0 Å². The van der Waals surface area contributed by atoms with Crippen LogP contribution < -0.4 is 9.64 Å². The molecule has 3 aromatic carbocycles. The molecule has 2 aliphatic rings. The average Bonchev–Trinajstić information content (AvgIpc) is 3.32. The van der Waals surface area contributed by atoms with Crippen molar-refractivity contribution in [1.29, 1.82) is 0 Å². The van der Waals surface area contributed by atoms with Gasteiger partial charge in [0.25, 0.3) is 5.91 Å². The first-order valence-corrected chi connectivity index (χ1v) is 13.0. The molecular formula is C29H29N3O2S. The van der Waals surface area contributed by atoms with E-state index in [9.17, 15) is 4.79 Å². The number of benzene rings is 3. The number of fused-ring (bicyclic) bond motifs is 3. The fourth-order valence-corrected chi connectivity index (χ4v) is 6.61. The molecule has 3 heterocycles. The number of rotatable bonds is 4. The molecule has 0 N–H and O–H groups in total. The molecule has 2 bridgehead atoms. The SMILES string of the molecule is COc1ccc(-c2ccc(C)cc2C(=O)N2CC3CC(C2)CN(c2nc4ccccc4s2)C3)cc1. The summed E-state index contributed by atoms with van der Waals surface area (Å²) in [7, 11) is 1.67. The number of para-hydroxylation sites is 1. The van der Waals surface area contributed by atoms with Crippen LogP contribution in [0.25, 0.3) is 21.3 Å². The van der Waals surface area contributed by atoms with Gasteiger partial charge in [-0.3, -0.25) is 4.79 Å². The highest BCUT2D eigenvalue weighted by Crippen LogP contribution is 2.36. The Bertz CT molecular complexity index is 1330. The predicted octanol–water partition coefficient (Wildman–Crippen LogP) is 5.88. The highest BCUT2D eigenvalue weighted by molar-refractivity contribution is 7.22. The second-order valence-electron chi connectivity index (χ2n) is 9.82. The van der Waals surface area contributed by atoms with Crippen LogP contribution in [0.4, 0.5) is 5.13 Å². The van der Waals surface area contributed by atoms with Gasteiger partial charge in [-0.2, -0.15) is 0 Å². The van der Waals surface area contributed by atoms with Gasteiger partial charge >= 0.3 is 0 Å². The van der Waals surface area contributed by atoms with Gasteiger partial charge in [-0.15, -0.1) is 0 Å². The monoisotopic (exact) mass is 483 g/mol. The number of likely N-dealkylation sites (tertiary alicyclic amines) is 1. The molecule has 2 atom stereocenters. The Balaban J connectivity index is 1.23. The highest BCUT2D eigenvalue weighted by Gasteiger charge is 2.37. The number of aryl methyl sites for hydroxylation is 1. The summed E-state index contributed by atoms with van der Waals surface area (Å²) in [4.78, 5) is 23.3. The maximum absolute atomic E-state index is 13.8. The number of anilines is 1. The first-order chi connectivity index (χ1) is 17.1. The number of piperidine rings is 2. The van der Waals surface area contributed by atoms with Gasteiger partial charge in [0.05, 0.1) is 17.3 Å². The lowest BCUT2D eigenvalue weighted by Gasteiger charge is -2.46. The Morgan fingerprint density at radius 1 is 0.971 bits per heavy atom. The number of methoxy groups -OCH3 is 1. The topological polar surface area (TPSA) is 45.7 Å². The normalized spacial score (nSPS) is 19.7. The number of aromatic nitrogens is 1. The van der Waals surface area contributed by atoms with Gasteiger partial charge in [0.15, 0.2) is 5.13 Å². The first-order valence-electron chi connectivity index (χ1n) is 12.2. The summed E-state index contributed by atoms with van der Waals surface area (Å²) in [5.41, 5.74) is 4.98. The van der Waals surface area contributed by atoms with Gasteiger partial charge < -0.3 is 14.5 Å². The standard InChI is InChI=1S/C29H29N3O2S/c1-19-7-12-24(22-8-10-23(34-2)11-9-22)25(13-19)28(33)31-15-20-14-21(16-31)18-32(17-20)29-30-26-5-3-4-6-27(26)35-29/h3-13,20-21H,14-18H2,1-2H3.